The fourth-order valence-corrected chi connectivity index (χ4v) is 2.52. The average molecular weight is 381 g/mol. The molecule has 0 saturated carbocycles. The van der Waals surface area contributed by atoms with Crippen molar-refractivity contribution in [2.75, 3.05) is 19.0 Å². The highest BCUT2D eigenvalue weighted by atomic mass is 16.5. The van der Waals surface area contributed by atoms with E-state index in [1.807, 2.05) is 31.2 Å². The molecule has 0 fully saturated rings. The molecule has 1 heterocycles. The zero-order chi connectivity index (χ0) is 20.1. The van der Waals surface area contributed by atoms with Gasteiger partial charge in [-0.1, -0.05) is 17.7 Å². The summed E-state index contributed by atoms with van der Waals surface area (Å²) in [6.07, 6.45) is 0. The molecule has 2 aromatic carbocycles. The van der Waals surface area contributed by atoms with Crippen molar-refractivity contribution in [2.45, 2.75) is 6.92 Å². The number of ether oxygens (including phenoxy) is 2. The smallest absolute Gasteiger partial charge is 0.271 e. The Bertz CT molecular complexity index is 998. The Morgan fingerprint density at radius 2 is 1.86 bits per heavy atom. The number of hydrogen-bond acceptors (Lipinski definition) is 6. The number of nitrogens with two attached hydrogens (primary N) is 1. The second-order valence-electron chi connectivity index (χ2n) is 5.95. The first-order chi connectivity index (χ1) is 13.5. The van der Waals surface area contributed by atoms with Gasteiger partial charge in [0, 0.05) is 11.3 Å². The minimum absolute atomic E-state index is 0.0215. The van der Waals surface area contributed by atoms with Crippen molar-refractivity contribution in [3.8, 4) is 22.8 Å². The van der Waals surface area contributed by atoms with Gasteiger partial charge in [0.15, 0.2) is 23.8 Å². The number of aromatic amines is 1. The molecule has 0 bridgehead atoms. The average Bonchev–Trinajstić information content (AvgIpc) is 3.18. The lowest BCUT2D eigenvalue weighted by Gasteiger charge is -2.12. The number of anilines is 1. The van der Waals surface area contributed by atoms with Gasteiger partial charge in [-0.05, 0) is 37.3 Å². The van der Waals surface area contributed by atoms with Gasteiger partial charge in [-0.2, -0.15) is 15.4 Å². The number of nitrogens with one attached hydrogen (secondary N) is 2. The molecule has 0 aliphatic rings. The lowest BCUT2D eigenvalue weighted by atomic mass is 10.1. The molecule has 9 nitrogen and oxygen atoms in total. The number of hydrogen-bond donors (Lipinski definition) is 3. The van der Waals surface area contributed by atoms with E-state index >= 15 is 0 Å². The van der Waals surface area contributed by atoms with Crippen LogP contribution in [-0.2, 0) is 4.79 Å². The molecule has 0 unspecified atom stereocenters. The van der Waals surface area contributed by atoms with Crippen LogP contribution in [0.25, 0.3) is 11.3 Å². The van der Waals surface area contributed by atoms with Crippen molar-refractivity contribution in [3.05, 3.63) is 53.7 Å². The highest BCUT2D eigenvalue weighted by molar-refractivity contribution is 5.96. The molecule has 0 atom stereocenters. The summed E-state index contributed by atoms with van der Waals surface area (Å²) < 4.78 is 10.9. The van der Waals surface area contributed by atoms with Gasteiger partial charge in [-0.3, -0.25) is 9.59 Å². The first-order valence-corrected chi connectivity index (χ1v) is 8.36. The number of nitrogens with zero attached hydrogens (tertiary/aromatic N) is 2. The van der Waals surface area contributed by atoms with Crippen molar-refractivity contribution in [1.82, 2.24) is 15.4 Å². The van der Waals surface area contributed by atoms with Gasteiger partial charge in [0.2, 0.25) is 0 Å². The van der Waals surface area contributed by atoms with Gasteiger partial charge in [0.25, 0.3) is 11.8 Å². The lowest BCUT2D eigenvalue weighted by molar-refractivity contribution is -0.118. The zero-order valence-electron chi connectivity index (χ0n) is 15.4. The van der Waals surface area contributed by atoms with E-state index in [4.69, 9.17) is 15.2 Å². The largest absolute Gasteiger partial charge is 0.493 e. The summed E-state index contributed by atoms with van der Waals surface area (Å²) in [5.41, 5.74) is 7.96. The highest BCUT2D eigenvalue weighted by Crippen LogP contribution is 2.32. The third kappa shape index (κ3) is 4.26. The quantitative estimate of drug-likeness (QED) is 0.573. The van der Waals surface area contributed by atoms with Crippen molar-refractivity contribution in [3.63, 3.8) is 0 Å². The number of aromatic nitrogens is 3. The first kappa shape index (κ1) is 18.9. The molecule has 0 spiro atoms. The van der Waals surface area contributed by atoms with Gasteiger partial charge in [-0.25, -0.2) is 0 Å². The van der Waals surface area contributed by atoms with E-state index in [9.17, 15) is 9.59 Å². The van der Waals surface area contributed by atoms with Crippen LogP contribution in [0.2, 0.25) is 0 Å². The van der Waals surface area contributed by atoms with E-state index < -0.39 is 5.91 Å². The minimum atomic E-state index is -0.698. The molecule has 0 aliphatic carbocycles. The summed E-state index contributed by atoms with van der Waals surface area (Å²) in [6, 6.07) is 12.4. The molecule has 0 radical (unpaired) electrons. The normalized spacial score (nSPS) is 10.4. The van der Waals surface area contributed by atoms with Crippen molar-refractivity contribution >= 4 is 17.5 Å². The van der Waals surface area contributed by atoms with Crippen LogP contribution in [0.4, 0.5) is 5.69 Å². The van der Waals surface area contributed by atoms with Crippen LogP contribution in [0.3, 0.4) is 0 Å². The molecule has 4 N–H and O–H groups in total. The number of carbonyl (C=O) groups excluding carboxylic acids is 2. The molecule has 2 amide bonds. The van der Waals surface area contributed by atoms with Gasteiger partial charge in [0.1, 0.15) is 5.69 Å². The molecule has 9 heteroatoms. The number of benzene rings is 2. The number of amides is 2. The third-order valence-corrected chi connectivity index (χ3v) is 3.91. The topological polar surface area (TPSA) is 132 Å². The van der Waals surface area contributed by atoms with Crippen LogP contribution in [0.15, 0.2) is 42.5 Å². The van der Waals surface area contributed by atoms with Gasteiger partial charge in [-0.15, -0.1) is 0 Å². The van der Waals surface area contributed by atoms with Gasteiger partial charge in [0.05, 0.1) is 7.11 Å². The summed E-state index contributed by atoms with van der Waals surface area (Å²) in [5.74, 6) is -0.258. The maximum absolute atomic E-state index is 12.1. The van der Waals surface area contributed by atoms with Gasteiger partial charge < -0.3 is 20.5 Å². The van der Waals surface area contributed by atoms with Crippen LogP contribution in [0, 0.1) is 6.92 Å². The Kier molecular flexibility index (Phi) is 5.54. The molecule has 0 aliphatic heterocycles. The van der Waals surface area contributed by atoms with Gasteiger partial charge >= 0.3 is 0 Å². The first-order valence-electron chi connectivity index (χ1n) is 8.36. The number of rotatable bonds is 7. The SMILES string of the molecule is COc1cc(-c2n[nH]nc2C(N)=O)ccc1OCC(=O)Nc1ccc(C)cc1. The molecule has 28 heavy (non-hydrogen) atoms. The standard InChI is InChI=1S/C19H19N5O4/c1-11-3-6-13(7-4-11)21-16(25)10-28-14-8-5-12(9-15(14)27-2)17-18(19(20)26)23-24-22-17/h3-9H,10H2,1-2H3,(H2,20,26)(H,21,25)(H,22,23,24). The lowest BCUT2D eigenvalue weighted by Crippen LogP contribution is -2.20. The summed E-state index contributed by atoms with van der Waals surface area (Å²) >= 11 is 0. The summed E-state index contributed by atoms with van der Waals surface area (Å²) in [6.45, 7) is 1.77. The predicted molar refractivity (Wildman–Crippen MR) is 102 cm³/mol. The Labute approximate surface area is 160 Å². The van der Waals surface area contributed by atoms with Crippen LogP contribution in [0.5, 0.6) is 11.5 Å². The molecule has 1 aromatic heterocycles. The second kappa shape index (κ2) is 8.21. The maximum atomic E-state index is 12.1. The van der Waals surface area contributed by atoms with E-state index in [0.717, 1.165) is 5.56 Å². The van der Waals surface area contributed by atoms with Crippen molar-refractivity contribution < 1.29 is 19.1 Å². The van der Waals surface area contributed by atoms with Crippen molar-refractivity contribution in [1.29, 1.82) is 0 Å². The number of H-pyrrole nitrogens is 1. The maximum Gasteiger partial charge on any atom is 0.271 e. The molecular formula is C19H19N5O4. The monoisotopic (exact) mass is 381 g/mol. The van der Waals surface area contributed by atoms with Crippen LogP contribution >= 0.6 is 0 Å². The highest BCUT2D eigenvalue weighted by Gasteiger charge is 2.17. The van der Waals surface area contributed by atoms with Crippen molar-refractivity contribution in [2.24, 2.45) is 5.73 Å². The van der Waals surface area contributed by atoms with E-state index in [1.165, 1.54) is 7.11 Å². The predicted octanol–water partition coefficient (Wildman–Crippen LogP) is 1.91. The summed E-state index contributed by atoms with van der Waals surface area (Å²) in [4.78, 5) is 23.5. The number of carbonyl (C=O) groups is 2. The Morgan fingerprint density at radius 3 is 2.54 bits per heavy atom. The fraction of sp³-hybridized carbons (Fsp3) is 0.158. The van der Waals surface area contributed by atoms with E-state index in [0.29, 0.717) is 28.4 Å². The summed E-state index contributed by atoms with van der Waals surface area (Å²) in [7, 11) is 1.47. The summed E-state index contributed by atoms with van der Waals surface area (Å²) in [5, 5.41) is 12.8. The molecule has 0 saturated heterocycles. The van der Waals surface area contributed by atoms with Crippen LogP contribution < -0.4 is 20.5 Å². The van der Waals surface area contributed by atoms with Crippen LogP contribution in [0.1, 0.15) is 16.1 Å². The Hall–Kier alpha value is -3.88. The molecule has 3 aromatic rings. The molecular weight excluding hydrogens is 362 g/mol. The zero-order valence-corrected chi connectivity index (χ0v) is 15.4. The number of methoxy groups -OCH3 is 1. The second-order valence-corrected chi connectivity index (χ2v) is 5.95. The Morgan fingerprint density at radius 1 is 1.11 bits per heavy atom. The number of primary amides is 1. The number of aryl methyl sites for hydroxylation is 1. The van der Waals surface area contributed by atoms with E-state index in [-0.39, 0.29) is 18.2 Å². The minimum Gasteiger partial charge on any atom is -0.493 e. The Balaban J connectivity index is 1.70. The van der Waals surface area contributed by atoms with Crippen LogP contribution in [-0.4, -0.2) is 40.9 Å². The molecule has 3 rings (SSSR count). The molecule has 144 valence electrons. The van der Waals surface area contributed by atoms with E-state index in [2.05, 4.69) is 20.7 Å². The fourth-order valence-electron chi connectivity index (χ4n) is 2.52. The third-order valence-electron chi connectivity index (χ3n) is 3.91. The van der Waals surface area contributed by atoms with E-state index in [1.54, 1.807) is 18.2 Å².